The van der Waals surface area contributed by atoms with Gasteiger partial charge >= 0.3 is 0 Å². The largest absolute Gasteiger partial charge is 0.465 e. The second-order valence-electron chi connectivity index (χ2n) is 7.44. The van der Waals surface area contributed by atoms with Crippen LogP contribution in [0.2, 0.25) is 0 Å². The number of hydrogen-bond acceptors (Lipinski definition) is 4. The maximum absolute atomic E-state index is 5.92. The molecule has 126 valence electrons. The lowest BCUT2D eigenvalue weighted by Crippen LogP contribution is -2.39. The standard InChI is InChI=1S/C18H32N2OS/c1-14(13-22-18(3,4)5)19-12-16(20-10-6-7-11-20)17-9-8-15(2)21-17/h8-9,14,16,19H,6-7,10-13H2,1-5H3. The summed E-state index contributed by atoms with van der Waals surface area (Å²) in [5, 5.41) is 3.72. The van der Waals surface area contributed by atoms with Crippen LogP contribution in [-0.2, 0) is 0 Å². The third-order valence-electron chi connectivity index (χ3n) is 4.10. The molecule has 1 fully saturated rings. The Labute approximate surface area is 140 Å². The summed E-state index contributed by atoms with van der Waals surface area (Å²) in [4.78, 5) is 2.56. The molecule has 2 heterocycles. The monoisotopic (exact) mass is 324 g/mol. The van der Waals surface area contributed by atoms with Crippen LogP contribution in [0.1, 0.15) is 58.1 Å². The Hall–Kier alpha value is -0.450. The van der Waals surface area contributed by atoms with Crippen molar-refractivity contribution < 1.29 is 4.42 Å². The quantitative estimate of drug-likeness (QED) is 0.812. The fourth-order valence-corrected chi connectivity index (χ4v) is 3.71. The van der Waals surface area contributed by atoms with Gasteiger partial charge in [-0.2, -0.15) is 11.8 Å². The fraction of sp³-hybridized carbons (Fsp3) is 0.778. The molecule has 1 aliphatic heterocycles. The lowest BCUT2D eigenvalue weighted by Gasteiger charge is -2.28. The SMILES string of the molecule is Cc1ccc(C(CNC(C)CSC(C)(C)C)N2CCCC2)o1. The zero-order valence-corrected chi connectivity index (χ0v) is 15.6. The molecular weight excluding hydrogens is 292 g/mol. The van der Waals surface area contributed by atoms with E-state index in [2.05, 4.69) is 50.0 Å². The van der Waals surface area contributed by atoms with Gasteiger partial charge in [0.15, 0.2) is 0 Å². The average molecular weight is 325 g/mol. The third-order valence-corrected chi connectivity index (χ3v) is 5.63. The molecule has 1 aromatic heterocycles. The topological polar surface area (TPSA) is 28.4 Å². The number of nitrogens with zero attached hydrogens (tertiary/aromatic N) is 1. The van der Waals surface area contributed by atoms with E-state index in [9.17, 15) is 0 Å². The van der Waals surface area contributed by atoms with E-state index in [1.807, 2.05) is 18.7 Å². The highest BCUT2D eigenvalue weighted by Crippen LogP contribution is 2.27. The van der Waals surface area contributed by atoms with Crippen molar-refractivity contribution in [1.82, 2.24) is 10.2 Å². The molecule has 1 aromatic rings. The van der Waals surface area contributed by atoms with E-state index in [0.717, 1.165) is 23.8 Å². The smallest absolute Gasteiger partial charge is 0.122 e. The summed E-state index contributed by atoms with van der Waals surface area (Å²) in [6.45, 7) is 14.5. The van der Waals surface area contributed by atoms with Crippen molar-refractivity contribution in [2.75, 3.05) is 25.4 Å². The van der Waals surface area contributed by atoms with Gasteiger partial charge in [-0.15, -0.1) is 0 Å². The molecule has 0 aromatic carbocycles. The lowest BCUT2D eigenvalue weighted by atomic mass is 10.2. The molecule has 3 nitrogen and oxygen atoms in total. The summed E-state index contributed by atoms with van der Waals surface area (Å²) in [6, 6.07) is 5.12. The third kappa shape index (κ3) is 5.64. The molecule has 2 atom stereocenters. The van der Waals surface area contributed by atoms with Crippen LogP contribution >= 0.6 is 11.8 Å². The van der Waals surface area contributed by atoms with E-state index in [0.29, 0.717) is 16.8 Å². The Morgan fingerprint density at radius 2 is 1.95 bits per heavy atom. The van der Waals surface area contributed by atoms with Crippen molar-refractivity contribution in [3.63, 3.8) is 0 Å². The van der Waals surface area contributed by atoms with Gasteiger partial charge in [-0.3, -0.25) is 4.90 Å². The molecule has 0 bridgehead atoms. The van der Waals surface area contributed by atoms with Crippen LogP contribution in [0.15, 0.2) is 16.5 Å². The highest BCUT2D eigenvalue weighted by atomic mass is 32.2. The Balaban J connectivity index is 1.89. The van der Waals surface area contributed by atoms with E-state index >= 15 is 0 Å². The predicted molar refractivity (Wildman–Crippen MR) is 96.7 cm³/mol. The normalized spacial score (nSPS) is 19.5. The predicted octanol–water partition coefficient (Wildman–Crippen LogP) is 4.23. The number of nitrogens with one attached hydrogen (secondary N) is 1. The van der Waals surface area contributed by atoms with E-state index in [-0.39, 0.29) is 0 Å². The van der Waals surface area contributed by atoms with Crippen LogP contribution in [0, 0.1) is 6.92 Å². The Morgan fingerprint density at radius 1 is 1.27 bits per heavy atom. The van der Waals surface area contributed by atoms with Crippen LogP contribution in [0.3, 0.4) is 0 Å². The Bertz CT molecular complexity index is 446. The Kier molecular flexibility index (Phi) is 6.42. The van der Waals surface area contributed by atoms with E-state index < -0.39 is 0 Å². The molecule has 4 heteroatoms. The number of furan rings is 1. The van der Waals surface area contributed by atoms with Gasteiger partial charge in [0.25, 0.3) is 0 Å². The summed E-state index contributed by atoms with van der Waals surface area (Å²) >= 11 is 2.03. The summed E-state index contributed by atoms with van der Waals surface area (Å²) in [5.74, 6) is 3.27. The van der Waals surface area contributed by atoms with Crippen LogP contribution in [0.4, 0.5) is 0 Å². The number of thioether (sulfide) groups is 1. The first kappa shape index (κ1) is 17.9. The molecule has 1 saturated heterocycles. The van der Waals surface area contributed by atoms with Gasteiger partial charge < -0.3 is 9.73 Å². The van der Waals surface area contributed by atoms with Gasteiger partial charge in [0.2, 0.25) is 0 Å². The fourth-order valence-electron chi connectivity index (χ4n) is 2.84. The highest BCUT2D eigenvalue weighted by Gasteiger charge is 2.26. The summed E-state index contributed by atoms with van der Waals surface area (Å²) in [5.41, 5.74) is 0. The molecule has 1 N–H and O–H groups in total. The molecule has 2 rings (SSSR count). The molecule has 0 radical (unpaired) electrons. The second kappa shape index (κ2) is 7.89. The number of aryl methyl sites for hydroxylation is 1. The minimum atomic E-state index is 0.336. The van der Waals surface area contributed by atoms with Gasteiger partial charge in [0.05, 0.1) is 6.04 Å². The number of likely N-dealkylation sites (tertiary alicyclic amines) is 1. The number of hydrogen-bond donors (Lipinski definition) is 1. The van der Waals surface area contributed by atoms with Gasteiger partial charge in [-0.05, 0) is 51.9 Å². The van der Waals surface area contributed by atoms with Gasteiger partial charge in [0, 0.05) is 23.1 Å². The number of rotatable bonds is 7. The maximum Gasteiger partial charge on any atom is 0.122 e. The molecular formula is C18H32N2OS. The first-order valence-corrected chi connectivity index (χ1v) is 9.51. The van der Waals surface area contributed by atoms with Gasteiger partial charge in [0.1, 0.15) is 11.5 Å². The zero-order chi connectivity index (χ0) is 16.2. The molecule has 22 heavy (non-hydrogen) atoms. The molecule has 1 aliphatic rings. The van der Waals surface area contributed by atoms with Crippen molar-refractivity contribution in [2.24, 2.45) is 0 Å². The first-order valence-electron chi connectivity index (χ1n) is 8.53. The van der Waals surface area contributed by atoms with E-state index in [1.54, 1.807) is 0 Å². The molecule has 0 spiro atoms. The van der Waals surface area contributed by atoms with Crippen molar-refractivity contribution >= 4 is 11.8 Å². The summed E-state index contributed by atoms with van der Waals surface area (Å²) in [6.07, 6.45) is 2.62. The second-order valence-corrected chi connectivity index (χ2v) is 9.29. The van der Waals surface area contributed by atoms with Crippen molar-refractivity contribution in [2.45, 2.75) is 64.3 Å². The molecule has 0 aliphatic carbocycles. The van der Waals surface area contributed by atoms with Crippen molar-refractivity contribution in [1.29, 1.82) is 0 Å². The van der Waals surface area contributed by atoms with Crippen LogP contribution in [-0.4, -0.2) is 41.1 Å². The maximum atomic E-state index is 5.92. The molecule has 0 saturated carbocycles. The van der Waals surface area contributed by atoms with E-state index in [4.69, 9.17) is 4.42 Å². The Morgan fingerprint density at radius 3 is 2.50 bits per heavy atom. The molecule has 0 amide bonds. The average Bonchev–Trinajstić information content (AvgIpc) is 3.08. The summed E-state index contributed by atoms with van der Waals surface area (Å²) < 4.78 is 6.25. The highest BCUT2D eigenvalue weighted by molar-refractivity contribution is 8.00. The van der Waals surface area contributed by atoms with Crippen molar-refractivity contribution in [3.05, 3.63) is 23.7 Å². The lowest BCUT2D eigenvalue weighted by molar-refractivity contribution is 0.205. The van der Waals surface area contributed by atoms with Gasteiger partial charge in [-0.25, -0.2) is 0 Å². The van der Waals surface area contributed by atoms with Crippen LogP contribution in [0.5, 0.6) is 0 Å². The minimum Gasteiger partial charge on any atom is -0.465 e. The zero-order valence-electron chi connectivity index (χ0n) is 14.8. The first-order chi connectivity index (χ1) is 10.3. The van der Waals surface area contributed by atoms with Gasteiger partial charge in [-0.1, -0.05) is 20.8 Å². The summed E-state index contributed by atoms with van der Waals surface area (Å²) in [7, 11) is 0. The van der Waals surface area contributed by atoms with Crippen LogP contribution < -0.4 is 5.32 Å². The van der Waals surface area contributed by atoms with Crippen molar-refractivity contribution in [3.8, 4) is 0 Å². The minimum absolute atomic E-state index is 0.336. The van der Waals surface area contributed by atoms with E-state index in [1.165, 1.54) is 25.9 Å². The molecule has 2 unspecified atom stereocenters. The van der Waals surface area contributed by atoms with Crippen LogP contribution in [0.25, 0.3) is 0 Å².